The fourth-order valence-electron chi connectivity index (χ4n) is 0.658. The van der Waals surface area contributed by atoms with Gasteiger partial charge in [0.1, 0.15) is 0 Å². The standard InChI is InChI=1S/C7H15NO5S/c1-3-13-5-4-8-14(11,12)6(2)7(9)10/h6,8H,3-5H2,1-2H3,(H,9,10). The van der Waals surface area contributed by atoms with Gasteiger partial charge < -0.3 is 9.84 Å². The zero-order valence-corrected chi connectivity index (χ0v) is 9.00. The van der Waals surface area contributed by atoms with E-state index in [9.17, 15) is 13.2 Å². The molecule has 0 aromatic rings. The number of hydrogen-bond donors (Lipinski definition) is 2. The Bertz CT molecular complexity index is 274. The fourth-order valence-corrected chi connectivity index (χ4v) is 1.54. The molecule has 2 N–H and O–H groups in total. The third kappa shape index (κ3) is 4.54. The molecule has 0 aliphatic heterocycles. The van der Waals surface area contributed by atoms with Gasteiger partial charge in [0, 0.05) is 13.2 Å². The average Bonchev–Trinajstić information content (AvgIpc) is 2.11. The Hall–Kier alpha value is -0.660. The van der Waals surface area contributed by atoms with Crippen LogP contribution in [0.25, 0.3) is 0 Å². The summed E-state index contributed by atoms with van der Waals surface area (Å²) in [5.41, 5.74) is 0. The molecule has 0 spiro atoms. The second kappa shape index (κ2) is 5.94. The maximum absolute atomic E-state index is 11.2. The minimum atomic E-state index is -3.77. The first kappa shape index (κ1) is 13.3. The van der Waals surface area contributed by atoms with Crippen LogP contribution in [0.2, 0.25) is 0 Å². The van der Waals surface area contributed by atoms with E-state index in [1.165, 1.54) is 0 Å². The van der Waals surface area contributed by atoms with Crippen LogP contribution in [0.3, 0.4) is 0 Å². The summed E-state index contributed by atoms with van der Waals surface area (Å²) >= 11 is 0. The first-order chi connectivity index (χ1) is 6.41. The van der Waals surface area contributed by atoms with Crippen molar-refractivity contribution in [1.82, 2.24) is 4.72 Å². The van der Waals surface area contributed by atoms with Crippen molar-refractivity contribution in [1.29, 1.82) is 0 Å². The fraction of sp³-hybridized carbons (Fsp3) is 0.857. The highest BCUT2D eigenvalue weighted by molar-refractivity contribution is 7.90. The first-order valence-corrected chi connectivity index (χ1v) is 5.75. The van der Waals surface area contributed by atoms with Crippen molar-refractivity contribution in [2.45, 2.75) is 19.1 Å². The third-order valence-corrected chi connectivity index (χ3v) is 3.31. The van der Waals surface area contributed by atoms with E-state index in [2.05, 4.69) is 4.72 Å². The van der Waals surface area contributed by atoms with Gasteiger partial charge in [0.25, 0.3) is 0 Å². The second-order valence-corrected chi connectivity index (χ2v) is 4.70. The van der Waals surface area contributed by atoms with Crippen LogP contribution >= 0.6 is 0 Å². The Kier molecular flexibility index (Phi) is 5.66. The summed E-state index contributed by atoms with van der Waals surface area (Å²) in [6, 6.07) is 0. The van der Waals surface area contributed by atoms with Gasteiger partial charge in [-0.15, -0.1) is 0 Å². The highest BCUT2D eigenvalue weighted by Crippen LogP contribution is 1.97. The van der Waals surface area contributed by atoms with Crippen LogP contribution in [-0.4, -0.2) is 44.5 Å². The summed E-state index contributed by atoms with van der Waals surface area (Å²) in [4.78, 5) is 10.4. The summed E-state index contributed by atoms with van der Waals surface area (Å²) < 4.78 is 29.4. The van der Waals surface area contributed by atoms with Crippen LogP contribution in [0.5, 0.6) is 0 Å². The van der Waals surface area contributed by atoms with Gasteiger partial charge in [-0.2, -0.15) is 0 Å². The molecule has 6 nitrogen and oxygen atoms in total. The van der Waals surface area contributed by atoms with Crippen molar-refractivity contribution in [3.63, 3.8) is 0 Å². The number of nitrogens with one attached hydrogen (secondary N) is 1. The summed E-state index contributed by atoms with van der Waals surface area (Å²) in [6.07, 6.45) is 0. The minimum absolute atomic E-state index is 0.0911. The molecule has 0 aromatic carbocycles. The predicted octanol–water partition coefficient (Wildman–Crippen LogP) is -0.585. The molecule has 0 saturated heterocycles. The van der Waals surface area contributed by atoms with Gasteiger partial charge in [-0.25, -0.2) is 13.1 Å². The lowest BCUT2D eigenvalue weighted by atomic mass is 10.5. The van der Waals surface area contributed by atoms with E-state index in [-0.39, 0.29) is 13.2 Å². The van der Waals surface area contributed by atoms with E-state index in [1.807, 2.05) is 0 Å². The molecule has 0 radical (unpaired) electrons. The van der Waals surface area contributed by atoms with Crippen molar-refractivity contribution in [3.8, 4) is 0 Å². The Morgan fingerprint density at radius 2 is 2.14 bits per heavy atom. The summed E-state index contributed by atoms with van der Waals surface area (Å²) in [5.74, 6) is -1.37. The van der Waals surface area contributed by atoms with Crippen molar-refractivity contribution in [2.75, 3.05) is 19.8 Å². The summed E-state index contributed by atoms with van der Waals surface area (Å²) in [5, 5.41) is 7.03. The summed E-state index contributed by atoms with van der Waals surface area (Å²) in [6.45, 7) is 3.73. The number of aliphatic carboxylic acids is 1. The average molecular weight is 225 g/mol. The van der Waals surface area contributed by atoms with Crippen LogP contribution in [-0.2, 0) is 19.6 Å². The van der Waals surface area contributed by atoms with Crippen molar-refractivity contribution < 1.29 is 23.1 Å². The van der Waals surface area contributed by atoms with E-state index in [4.69, 9.17) is 9.84 Å². The van der Waals surface area contributed by atoms with E-state index >= 15 is 0 Å². The normalized spacial score (nSPS) is 13.9. The lowest BCUT2D eigenvalue weighted by Gasteiger charge is -2.09. The topological polar surface area (TPSA) is 92.7 Å². The van der Waals surface area contributed by atoms with Gasteiger partial charge in [-0.3, -0.25) is 4.79 Å². The lowest BCUT2D eigenvalue weighted by Crippen LogP contribution is -2.38. The van der Waals surface area contributed by atoms with Gasteiger partial charge in [-0.05, 0) is 13.8 Å². The minimum Gasteiger partial charge on any atom is -0.480 e. The Morgan fingerprint density at radius 3 is 2.57 bits per heavy atom. The first-order valence-electron chi connectivity index (χ1n) is 4.20. The molecule has 0 bridgehead atoms. The number of ether oxygens (including phenoxy) is 1. The highest BCUT2D eigenvalue weighted by Gasteiger charge is 2.26. The van der Waals surface area contributed by atoms with Crippen LogP contribution in [0.1, 0.15) is 13.8 Å². The molecular weight excluding hydrogens is 210 g/mol. The Labute approximate surface area is 83.3 Å². The van der Waals surface area contributed by atoms with Gasteiger partial charge in [0.05, 0.1) is 6.61 Å². The maximum Gasteiger partial charge on any atom is 0.323 e. The lowest BCUT2D eigenvalue weighted by molar-refractivity contribution is -0.136. The molecular formula is C7H15NO5S. The largest absolute Gasteiger partial charge is 0.480 e. The molecule has 0 heterocycles. The molecule has 0 amide bonds. The second-order valence-electron chi connectivity index (χ2n) is 2.62. The van der Waals surface area contributed by atoms with Crippen molar-refractivity contribution >= 4 is 16.0 Å². The molecule has 7 heteroatoms. The smallest absolute Gasteiger partial charge is 0.323 e. The van der Waals surface area contributed by atoms with E-state index < -0.39 is 21.2 Å². The zero-order chi connectivity index (χ0) is 11.2. The third-order valence-electron chi connectivity index (χ3n) is 1.57. The van der Waals surface area contributed by atoms with Crippen molar-refractivity contribution in [2.24, 2.45) is 0 Å². The summed E-state index contributed by atoms with van der Waals surface area (Å²) in [7, 11) is -3.77. The zero-order valence-electron chi connectivity index (χ0n) is 8.19. The van der Waals surface area contributed by atoms with E-state index in [0.717, 1.165) is 6.92 Å². The monoisotopic (exact) mass is 225 g/mol. The molecule has 0 aliphatic carbocycles. The highest BCUT2D eigenvalue weighted by atomic mass is 32.2. The van der Waals surface area contributed by atoms with Crippen LogP contribution in [0.15, 0.2) is 0 Å². The number of sulfonamides is 1. The van der Waals surface area contributed by atoms with Gasteiger partial charge in [-0.1, -0.05) is 0 Å². The van der Waals surface area contributed by atoms with Crippen LogP contribution < -0.4 is 4.72 Å². The molecule has 0 rings (SSSR count). The molecule has 14 heavy (non-hydrogen) atoms. The predicted molar refractivity (Wildman–Crippen MR) is 50.5 cm³/mol. The van der Waals surface area contributed by atoms with Crippen LogP contribution in [0, 0.1) is 0 Å². The van der Waals surface area contributed by atoms with Gasteiger partial charge in [0.15, 0.2) is 5.25 Å². The van der Waals surface area contributed by atoms with E-state index in [0.29, 0.717) is 6.61 Å². The number of hydrogen-bond acceptors (Lipinski definition) is 4. The molecule has 84 valence electrons. The quantitative estimate of drug-likeness (QED) is 0.565. The SMILES string of the molecule is CCOCCNS(=O)(=O)C(C)C(=O)O. The van der Waals surface area contributed by atoms with Crippen molar-refractivity contribution in [3.05, 3.63) is 0 Å². The number of rotatable bonds is 7. The molecule has 1 atom stereocenters. The van der Waals surface area contributed by atoms with Crippen LogP contribution in [0.4, 0.5) is 0 Å². The molecule has 0 fully saturated rings. The maximum atomic E-state index is 11.2. The molecule has 0 saturated carbocycles. The number of carboxylic acid groups (broad SMARTS) is 1. The van der Waals surface area contributed by atoms with E-state index in [1.54, 1.807) is 6.92 Å². The van der Waals surface area contributed by atoms with Gasteiger partial charge in [0.2, 0.25) is 10.0 Å². The van der Waals surface area contributed by atoms with Gasteiger partial charge >= 0.3 is 5.97 Å². The number of carbonyl (C=O) groups is 1. The molecule has 0 aliphatic rings. The number of carboxylic acids is 1. The Balaban J connectivity index is 4.02. The molecule has 1 unspecified atom stereocenters. The molecule has 0 aromatic heterocycles. The Morgan fingerprint density at radius 1 is 1.57 bits per heavy atom.